The van der Waals surface area contributed by atoms with Crippen molar-refractivity contribution in [3.8, 4) is 5.75 Å². The molecule has 0 radical (unpaired) electrons. The molecule has 3 N–H and O–H groups in total. The smallest absolute Gasteiger partial charge is 0.313 e. The van der Waals surface area contributed by atoms with Crippen LogP contribution in [0.25, 0.3) is 0 Å². The Morgan fingerprint density at radius 3 is 2.50 bits per heavy atom. The summed E-state index contributed by atoms with van der Waals surface area (Å²) in [4.78, 5) is 23.0. The number of benzene rings is 1. The van der Waals surface area contributed by atoms with E-state index in [1.54, 1.807) is 12.1 Å². The Kier molecular flexibility index (Phi) is 4.71. The molecule has 98 valence electrons. The van der Waals surface area contributed by atoms with E-state index in [4.69, 9.17) is 0 Å². The Hall–Kier alpha value is -2.04. The largest absolute Gasteiger partial charge is 0.506 e. The van der Waals surface area contributed by atoms with Gasteiger partial charge in [-0.25, -0.2) is 0 Å². The van der Waals surface area contributed by atoms with E-state index in [1.807, 2.05) is 20.8 Å². The Morgan fingerprint density at radius 2 is 1.94 bits per heavy atom. The van der Waals surface area contributed by atoms with Gasteiger partial charge in [-0.05, 0) is 30.5 Å². The van der Waals surface area contributed by atoms with E-state index in [0.717, 1.165) is 5.56 Å². The van der Waals surface area contributed by atoms with Gasteiger partial charge in [0.2, 0.25) is 0 Å². The number of phenolic OH excluding ortho intramolecular Hbond substituents is 1. The molecular weight excluding hydrogens is 232 g/mol. The van der Waals surface area contributed by atoms with Gasteiger partial charge in [0.25, 0.3) is 0 Å². The summed E-state index contributed by atoms with van der Waals surface area (Å²) in [5, 5.41) is 14.5. The SMILES string of the molecule is Cc1ccc(NC(=O)C(=O)NCC(C)C)c(O)c1. The van der Waals surface area contributed by atoms with Gasteiger partial charge >= 0.3 is 11.8 Å². The van der Waals surface area contributed by atoms with Gasteiger partial charge < -0.3 is 15.7 Å². The average Bonchev–Trinajstić information content (AvgIpc) is 2.29. The fourth-order valence-corrected chi connectivity index (χ4v) is 1.30. The second kappa shape index (κ2) is 6.05. The van der Waals surface area contributed by atoms with Gasteiger partial charge in [-0.2, -0.15) is 0 Å². The van der Waals surface area contributed by atoms with Crippen molar-refractivity contribution >= 4 is 17.5 Å². The summed E-state index contributed by atoms with van der Waals surface area (Å²) >= 11 is 0. The van der Waals surface area contributed by atoms with Gasteiger partial charge in [-0.1, -0.05) is 19.9 Å². The van der Waals surface area contributed by atoms with Gasteiger partial charge in [0.05, 0.1) is 5.69 Å². The van der Waals surface area contributed by atoms with Gasteiger partial charge in [0, 0.05) is 6.54 Å². The van der Waals surface area contributed by atoms with E-state index in [0.29, 0.717) is 6.54 Å². The highest BCUT2D eigenvalue weighted by molar-refractivity contribution is 6.39. The van der Waals surface area contributed by atoms with Crippen molar-refractivity contribution in [3.05, 3.63) is 23.8 Å². The van der Waals surface area contributed by atoms with Crippen molar-refractivity contribution in [2.75, 3.05) is 11.9 Å². The fourth-order valence-electron chi connectivity index (χ4n) is 1.30. The van der Waals surface area contributed by atoms with Crippen LogP contribution < -0.4 is 10.6 Å². The number of nitrogens with one attached hydrogen (secondary N) is 2. The fraction of sp³-hybridized carbons (Fsp3) is 0.385. The first-order valence-corrected chi connectivity index (χ1v) is 5.79. The van der Waals surface area contributed by atoms with Crippen molar-refractivity contribution in [2.24, 2.45) is 5.92 Å². The van der Waals surface area contributed by atoms with E-state index in [1.165, 1.54) is 6.07 Å². The highest BCUT2D eigenvalue weighted by Gasteiger charge is 2.15. The highest BCUT2D eigenvalue weighted by Crippen LogP contribution is 2.23. The zero-order valence-corrected chi connectivity index (χ0v) is 10.8. The first-order valence-electron chi connectivity index (χ1n) is 5.79. The quantitative estimate of drug-likeness (QED) is 0.560. The molecule has 0 saturated heterocycles. The van der Waals surface area contributed by atoms with Crippen LogP contribution in [0.5, 0.6) is 5.75 Å². The number of amides is 2. The highest BCUT2D eigenvalue weighted by atomic mass is 16.3. The number of hydrogen-bond donors (Lipinski definition) is 3. The molecule has 0 spiro atoms. The monoisotopic (exact) mass is 250 g/mol. The zero-order valence-electron chi connectivity index (χ0n) is 10.8. The average molecular weight is 250 g/mol. The van der Waals surface area contributed by atoms with Crippen LogP contribution in [0.1, 0.15) is 19.4 Å². The molecule has 1 rings (SSSR count). The normalized spacial score (nSPS) is 10.2. The van der Waals surface area contributed by atoms with Crippen LogP contribution in [0.2, 0.25) is 0 Å². The number of carbonyl (C=O) groups is 2. The number of rotatable bonds is 3. The number of aryl methyl sites for hydroxylation is 1. The third kappa shape index (κ3) is 4.08. The van der Waals surface area contributed by atoms with Crippen molar-refractivity contribution in [1.82, 2.24) is 5.32 Å². The van der Waals surface area contributed by atoms with E-state index in [-0.39, 0.29) is 17.4 Å². The molecule has 0 atom stereocenters. The van der Waals surface area contributed by atoms with Crippen molar-refractivity contribution in [1.29, 1.82) is 0 Å². The maximum absolute atomic E-state index is 11.5. The lowest BCUT2D eigenvalue weighted by Gasteiger charge is -2.09. The molecule has 2 amide bonds. The van der Waals surface area contributed by atoms with Crippen LogP contribution in [0.4, 0.5) is 5.69 Å². The maximum Gasteiger partial charge on any atom is 0.313 e. The van der Waals surface area contributed by atoms with Gasteiger partial charge in [-0.15, -0.1) is 0 Å². The summed E-state index contributed by atoms with van der Waals surface area (Å²) in [6.07, 6.45) is 0. The molecule has 0 aliphatic heterocycles. The number of aromatic hydroxyl groups is 1. The second-order valence-corrected chi connectivity index (χ2v) is 4.58. The molecule has 0 saturated carbocycles. The lowest BCUT2D eigenvalue weighted by Crippen LogP contribution is -2.37. The molecule has 0 aliphatic rings. The van der Waals surface area contributed by atoms with E-state index in [2.05, 4.69) is 10.6 Å². The summed E-state index contributed by atoms with van der Waals surface area (Å²) in [6.45, 7) is 6.13. The summed E-state index contributed by atoms with van der Waals surface area (Å²) in [6, 6.07) is 4.81. The molecule has 0 bridgehead atoms. The van der Waals surface area contributed by atoms with Gasteiger partial charge in [0.15, 0.2) is 0 Å². The number of phenols is 1. The first-order chi connectivity index (χ1) is 8.40. The minimum atomic E-state index is -0.783. The molecule has 0 heterocycles. The van der Waals surface area contributed by atoms with E-state index in [9.17, 15) is 14.7 Å². The van der Waals surface area contributed by atoms with Crippen molar-refractivity contribution in [2.45, 2.75) is 20.8 Å². The lowest BCUT2D eigenvalue weighted by molar-refractivity contribution is -0.136. The van der Waals surface area contributed by atoms with Crippen LogP contribution in [0.15, 0.2) is 18.2 Å². The molecule has 5 nitrogen and oxygen atoms in total. The van der Waals surface area contributed by atoms with Crippen LogP contribution in [0, 0.1) is 12.8 Å². The summed E-state index contributed by atoms with van der Waals surface area (Å²) < 4.78 is 0. The van der Waals surface area contributed by atoms with E-state index >= 15 is 0 Å². The standard InChI is InChI=1S/C13H18N2O3/c1-8(2)7-14-12(17)13(18)15-10-5-4-9(3)6-11(10)16/h4-6,8,16H,7H2,1-3H3,(H,14,17)(H,15,18). The second-order valence-electron chi connectivity index (χ2n) is 4.58. The van der Waals surface area contributed by atoms with Crippen LogP contribution in [0.3, 0.4) is 0 Å². The van der Waals surface area contributed by atoms with Gasteiger partial charge in [0.1, 0.15) is 5.75 Å². The third-order valence-corrected chi connectivity index (χ3v) is 2.28. The lowest BCUT2D eigenvalue weighted by atomic mass is 10.2. The van der Waals surface area contributed by atoms with E-state index < -0.39 is 11.8 Å². The molecule has 1 aromatic rings. The Labute approximate surface area is 106 Å². The first kappa shape index (κ1) is 14.0. The predicted molar refractivity (Wildman–Crippen MR) is 69.3 cm³/mol. The van der Waals surface area contributed by atoms with Crippen LogP contribution in [-0.2, 0) is 9.59 Å². The molecular formula is C13H18N2O3. The molecule has 0 unspecified atom stereocenters. The summed E-state index contributed by atoms with van der Waals surface area (Å²) in [5.74, 6) is -1.27. The Balaban J connectivity index is 2.61. The predicted octanol–water partition coefficient (Wildman–Crippen LogP) is 1.41. The molecule has 5 heteroatoms. The third-order valence-electron chi connectivity index (χ3n) is 2.28. The summed E-state index contributed by atoms with van der Waals surface area (Å²) in [7, 11) is 0. The number of carbonyl (C=O) groups excluding carboxylic acids is 2. The van der Waals surface area contributed by atoms with Crippen LogP contribution >= 0.6 is 0 Å². The maximum atomic E-state index is 11.5. The minimum Gasteiger partial charge on any atom is -0.506 e. The molecule has 0 aliphatic carbocycles. The molecule has 0 fully saturated rings. The number of hydrogen-bond acceptors (Lipinski definition) is 3. The molecule has 18 heavy (non-hydrogen) atoms. The minimum absolute atomic E-state index is 0.0555. The molecule has 1 aromatic carbocycles. The summed E-state index contributed by atoms with van der Waals surface area (Å²) in [5.41, 5.74) is 1.10. The van der Waals surface area contributed by atoms with Crippen molar-refractivity contribution in [3.63, 3.8) is 0 Å². The van der Waals surface area contributed by atoms with Crippen molar-refractivity contribution < 1.29 is 14.7 Å². The van der Waals surface area contributed by atoms with Crippen LogP contribution in [-0.4, -0.2) is 23.5 Å². The Morgan fingerprint density at radius 1 is 1.28 bits per heavy atom. The Bertz CT molecular complexity index is 456. The van der Waals surface area contributed by atoms with Gasteiger partial charge in [-0.3, -0.25) is 9.59 Å². The zero-order chi connectivity index (χ0) is 13.7. The number of anilines is 1. The topological polar surface area (TPSA) is 78.4 Å². The molecule has 0 aromatic heterocycles.